The minimum atomic E-state index is -0.631. The van der Waals surface area contributed by atoms with Gasteiger partial charge in [0, 0.05) is 0 Å². The maximum Gasteiger partial charge on any atom is 0.334 e. The number of H-pyrrole nitrogens is 1. The van der Waals surface area contributed by atoms with Crippen LogP contribution in [0.4, 0.5) is 0 Å². The Hall–Kier alpha value is -1.23. The summed E-state index contributed by atoms with van der Waals surface area (Å²) in [5, 5.41) is 0.630. The summed E-state index contributed by atoms with van der Waals surface area (Å²) >= 11 is 17.4. The molecule has 0 bridgehead atoms. The smallest absolute Gasteiger partial charge is 0.297 e. The highest BCUT2D eigenvalue weighted by molar-refractivity contribution is 6.42. The van der Waals surface area contributed by atoms with Gasteiger partial charge in [0.05, 0.1) is 21.3 Å². The minimum absolute atomic E-state index is 0.0290. The molecule has 1 aromatic heterocycles. The van der Waals surface area contributed by atoms with Gasteiger partial charge in [-0.3, -0.25) is 9.78 Å². The molecule has 1 heterocycles. The molecule has 18 heavy (non-hydrogen) atoms. The molecule has 0 spiro atoms. The summed E-state index contributed by atoms with van der Waals surface area (Å²) in [6.45, 7) is 1.52. The van der Waals surface area contributed by atoms with E-state index < -0.39 is 11.2 Å². The molecular formula is C11H7Cl3N2O2. The topological polar surface area (TPSA) is 54.9 Å². The lowest BCUT2D eigenvalue weighted by molar-refractivity contribution is 0.860. The molecule has 0 radical (unpaired) electrons. The van der Waals surface area contributed by atoms with Crippen molar-refractivity contribution in [2.45, 2.75) is 6.92 Å². The van der Waals surface area contributed by atoms with Crippen LogP contribution in [0.25, 0.3) is 5.69 Å². The van der Waals surface area contributed by atoms with Gasteiger partial charge in [-0.2, -0.15) is 0 Å². The zero-order chi connectivity index (χ0) is 13.4. The number of rotatable bonds is 1. The third-order valence-electron chi connectivity index (χ3n) is 2.43. The number of aromatic nitrogens is 2. The molecule has 2 rings (SSSR count). The molecule has 2 aromatic rings. The van der Waals surface area contributed by atoms with Gasteiger partial charge in [-0.1, -0.05) is 34.8 Å². The van der Waals surface area contributed by atoms with Gasteiger partial charge >= 0.3 is 5.69 Å². The van der Waals surface area contributed by atoms with E-state index in [1.54, 1.807) is 0 Å². The number of benzene rings is 1. The summed E-state index contributed by atoms with van der Waals surface area (Å²) in [5.41, 5.74) is -0.547. The normalized spacial score (nSPS) is 10.7. The van der Waals surface area contributed by atoms with Gasteiger partial charge in [0.1, 0.15) is 5.15 Å². The Balaban J connectivity index is 2.80. The summed E-state index contributed by atoms with van der Waals surface area (Å²) in [6, 6.07) is 4.47. The van der Waals surface area contributed by atoms with Crippen LogP contribution in [0.15, 0.2) is 27.8 Å². The first-order valence-corrected chi connectivity index (χ1v) is 6.02. The van der Waals surface area contributed by atoms with Crippen LogP contribution in [-0.2, 0) is 0 Å². The highest BCUT2D eigenvalue weighted by Gasteiger charge is 2.11. The fourth-order valence-electron chi connectivity index (χ4n) is 1.46. The monoisotopic (exact) mass is 304 g/mol. The molecule has 7 heteroatoms. The SMILES string of the molecule is Cc1c(Cl)[nH]c(=O)n(-c2ccc(Cl)c(Cl)c2)c1=O. The van der Waals surface area contributed by atoms with Crippen LogP contribution in [0.1, 0.15) is 5.56 Å². The lowest BCUT2D eigenvalue weighted by atomic mass is 10.3. The highest BCUT2D eigenvalue weighted by Crippen LogP contribution is 2.23. The molecule has 0 aliphatic rings. The van der Waals surface area contributed by atoms with E-state index in [0.717, 1.165) is 4.57 Å². The predicted molar refractivity (Wildman–Crippen MR) is 72.4 cm³/mol. The van der Waals surface area contributed by atoms with Crippen LogP contribution in [0.2, 0.25) is 15.2 Å². The molecule has 0 unspecified atom stereocenters. The Morgan fingerprint density at radius 1 is 1.11 bits per heavy atom. The molecule has 4 nitrogen and oxygen atoms in total. The van der Waals surface area contributed by atoms with Crippen molar-refractivity contribution in [2.24, 2.45) is 0 Å². The van der Waals surface area contributed by atoms with Crippen LogP contribution in [0.5, 0.6) is 0 Å². The summed E-state index contributed by atoms with van der Waals surface area (Å²) in [7, 11) is 0. The quantitative estimate of drug-likeness (QED) is 0.824. The minimum Gasteiger partial charge on any atom is -0.297 e. The van der Waals surface area contributed by atoms with E-state index in [9.17, 15) is 9.59 Å². The number of hydrogen-bond acceptors (Lipinski definition) is 2. The molecule has 0 atom stereocenters. The van der Waals surface area contributed by atoms with Crippen molar-refractivity contribution in [3.05, 3.63) is 59.8 Å². The highest BCUT2D eigenvalue weighted by atomic mass is 35.5. The molecule has 0 aliphatic carbocycles. The second kappa shape index (κ2) is 4.80. The standard InChI is InChI=1S/C11H7Cl3N2O2/c1-5-9(14)15-11(18)16(10(5)17)6-2-3-7(12)8(13)4-6/h2-4H,1H3,(H,15,18). The fraction of sp³-hybridized carbons (Fsp3) is 0.0909. The Kier molecular flexibility index (Phi) is 3.52. The Labute approximate surface area is 117 Å². The average Bonchev–Trinajstić information content (AvgIpc) is 2.31. The fourth-order valence-corrected chi connectivity index (χ4v) is 1.91. The third kappa shape index (κ3) is 2.19. The number of aromatic amines is 1. The van der Waals surface area contributed by atoms with E-state index in [-0.39, 0.29) is 15.7 Å². The van der Waals surface area contributed by atoms with Crippen molar-refractivity contribution >= 4 is 34.8 Å². The van der Waals surface area contributed by atoms with Gasteiger partial charge in [-0.15, -0.1) is 0 Å². The number of halogens is 3. The average molecular weight is 306 g/mol. The molecule has 1 aromatic carbocycles. The lowest BCUT2D eigenvalue weighted by Gasteiger charge is -2.07. The van der Waals surface area contributed by atoms with Crippen LogP contribution in [-0.4, -0.2) is 9.55 Å². The van der Waals surface area contributed by atoms with E-state index in [4.69, 9.17) is 34.8 Å². The van der Waals surface area contributed by atoms with E-state index >= 15 is 0 Å². The van der Waals surface area contributed by atoms with Crippen molar-refractivity contribution in [3.8, 4) is 5.69 Å². The summed E-state index contributed by atoms with van der Waals surface area (Å²) in [5.74, 6) is 0. The predicted octanol–water partition coefficient (Wildman–Crippen LogP) is 2.79. The first-order valence-electron chi connectivity index (χ1n) is 4.88. The molecule has 0 fully saturated rings. The Morgan fingerprint density at radius 2 is 1.78 bits per heavy atom. The maximum absolute atomic E-state index is 12.0. The first-order chi connectivity index (χ1) is 8.41. The van der Waals surface area contributed by atoms with Gasteiger partial charge < -0.3 is 0 Å². The van der Waals surface area contributed by atoms with Crippen molar-refractivity contribution in [3.63, 3.8) is 0 Å². The van der Waals surface area contributed by atoms with E-state index in [0.29, 0.717) is 10.7 Å². The summed E-state index contributed by atoms with van der Waals surface area (Å²) in [6.07, 6.45) is 0. The first kappa shape index (κ1) is 13.2. The van der Waals surface area contributed by atoms with Gasteiger partial charge in [0.25, 0.3) is 5.56 Å². The van der Waals surface area contributed by atoms with Crippen LogP contribution >= 0.6 is 34.8 Å². The Morgan fingerprint density at radius 3 is 2.39 bits per heavy atom. The molecule has 0 aliphatic heterocycles. The summed E-state index contributed by atoms with van der Waals surface area (Å²) < 4.78 is 0.948. The van der Waals surface area contributed by atoms with Gasteiger partial charge in [-0.05, 0) is 25.1 Å². The molecule has 1 N–H and O–H groups in total. The van der Waals surface area contributed by atoms with Gasteiger partial charge in [-0.25, -0.2) is 9.36 Å². The van der Waals surface area contributed by atoms with E-state index in [1.807, 2.05) is 0 Å². The zero-order valence-electron chi connectivity index (χ0n) is 9.13. The zero-order valence-corrected chi connectivity index (χ0v) is 11.4. The number of nitrogens with one attached hydrogen (secondary N) is 1. The van der Waals surface area contributed by atoms with Gasteiger partial charge in [0.15, 0.2) is 0 Å². The van der Waals surface area contributed by atoms with Crippen molar-refractivity contribution in [1.29, 1.82) is 0 Å². The van der Waals surface area contributed by atoms with E-state index in [1.165, 1.54) is 25.1 Å². The number of nitrogens with zero attached hydrogens (tertiary/aromatic N) is 1. The van der Waals surface area contributed by atoms with Gasteiger partial charge in [0.2, 0.25) is 0 Å². The number of hydrogen-bond donors (Lipinski definition) is 1. The molecule has 94 valence electrons. The summed E-state index contributed by atoms with van der Waals surface area (Å²) in [4.78, 5) is 26.1. The Bertz CT molecular complexity index is 734. The van der Waals surface area contributed by atoms with Crippen molar-refractivity contribution in [2.75, 3.05) is 0 Å². The van der Waals surface area contributed by atoms with Crippen molar-refractivity contribution < 1.29 is 0 Å². The molecular weight excluding hydrogens is 298 g/mol. The third-order valence-corrected chi connectivity index (χ3v) is 3.55. The molecule has 0 saturated carbocycles. The maximum atomic E-state index is 12.0. The largest absolute Gasteiger partial charge is 0.334 e. The van der Waals surface area contributed by atoms with Crippen LogP contribution in [0, 0.1) is 6.92 Å². The molecule has 0 amide bonds. The second-order valence-corrected chi connectivity index (χ2v) is 4.80. The second-order valence-electron chi connectivity index (χ2n) is 3.61. The molecule has 0 saturated heterocycles. The van der Waals surface area contributed by atoms with Crippen molar-refractivity contribution in [1.82, 2.24) is 9.55 Å². The lowest BCUT2D eigenvalue weighted by Crippen LogP contribution is -2.35. The van der Waals surface area contributed by atoms with Crippen LogP contribution in [0.3, 0.4) is 0 Å². The van der Waals surface area contributed by atoms with Crippen LogP contribution < -0.4 is 11.2 Å². The van der Waals surface area contributed by atoms with E-state index in [2.05, 4.69) is 4.98 Å².